The van der Waals surface area contributed by atoms with E-state index in [0.717, 1.165) is 5.56 Å². The number of halogens is 1. The molecule has 0 saturated carbocycles. The Labute approximate surface area is 206 Å². The maximum Gasteiger partial charge on any atom is 0.266 e. The summed E-state index contributed by atoms with van der Waals surface area (Å²) in [5.41, 5.74) is 2.32. The van der Waals surface area contributed by atoms with E-state index in [2.05, 4.69) is 5.32 Å². The van der Waals surface area contributed by atoms with Gasteiger partial charge in [-0.15, -0.1) is 0 Å². The number of carbonyl (C=O) groups is 1. The third kappa shape index (κ3) is 5.11. The molecule has 3 aromatic carbocycles. The van der Waals surface area contributed by atoms with Gasteiger partial charge in [0.2, 0.25) is 0 Å². The number of fused-ring (bicyclic) bond motifs is 1. The Bertz CT molecular complexity index is 1400. The van der Waals surface area contributed by atoms with Gasteiger partial charge in [0.15, 0.2) is 5.16 Å². The zero-order chi connectivity index (χ0) is 24.2. The van der Waals surface area contributed by atoms with Gasteiger partial charge in [-0.1, -0.05) is 41.6 Å². The van der Waals surface area contributed by atoms with Crippen LogP contribution in [0.2, 0.25) is 5.02 Å². The monoisotopic (exact) mass is 493 g/mol. The van der Waals surface area contributed by atoms with E-state index in [1.807, 2.05) is 50.2 Å². The first-order valence-corrected chi connectivity index (χ1v) is 12.1. The van der Waals surface area contributed by atoms with Crippen molar-refractivity contribution in [3.63, 3.8) is 0 Å². The third-order valence-electron chi connectivity index (χ3n) is 5.17. The van der Waals surface area contributed by atoms with E-state index in [4.69, 9.17) is 21.3 Å². The lowest BCUT2D eigenvalue weighted by Gasteiger charge is -2.15. The van der Waals surface area contributed by atoms with Crippen LogP contribution >= 0.6 is 23.4 Å². The molecule has 0 bridgehead atoms. The molecule has 0 saturated heterocycles. The number of hydrogen-bond donors (Lipinski definition) is 1. The molecule has 0 unspecified atom stereocenters. The van der Waals surface area contributed by atoms with E-state index in [1.165, 1.54) is 11.8 Å². The number of benzene rings is 3. The molecule has 0 aliphatic heterocycles. The second-order valence-electron chi connectivity index (χ2n) is 7.97. The number of nitrogens with zero attached hydrogens (tertiary/aromatic N) is 2. The molecule has 174 valence electrons. The van der Waals surface area contributed by atoms with Crippen LogP contribution in [0, 0.1) is 0 Å². The Morgan fingerprint density at radius 2 is 1.85 bits per heavy atom. The van der Waals surface area contributed by atoms with Crippen LogP contribution in [0.3, 0.4) is 0 Å². The van der Waals surface area contributed by atoms with Gasteiger partial charge in [-0.2, -0.15) is 0 Å². The minimum Gasteiger partial charge on any atom is -0.497 e. The van der Waals surface area contributed by atoms with Crippen LogP contribution in [0.25, 0.3) is 16.6 Å². The average molecular weight is 494 g/mol. The van der Waals surface area contributed by atoms with Crippen molar-refractivity contribution in [2.24, 2.45) is 0 Å². The van der Waals surface area contributed by atoms with E-state index < -0.39 is 0 Å². The van der Waals surface area contributed by atoms with E-state index in [9.17, 15) is 9.59 Å². The molecule has 0 fully saturated rings. The van der Waals surface area contributed by atoms with Gasteiger partial charge in [0.05, 0.1) is 23.7 Å². The molecule has 0 aliphatic rings. The summed E-state index contributed by atoms with van der Waals surface area (Å²) in [5.74, 6) is 1.02. The van der Waals surface area contributed by atoms with Crippen LogP contribution in [0.1, 0.15) is 29.8 Å². The number of nitrogens with one attached hydrogen (secondary N) is 1. The summed E-state index contributed by atoms with van der Waals surface area (Å²) in [6.45, 7) is 3.79. The molecule has 1 heterocycles. The second kappa shape index (κ2) is 10.3. The largest absolute Gasteiger partial charge is 0.497 e. The van der Waals surface area contributed by atoms with Crippen molar-refractivity contribution in [3.8, 4) is 11.4 Å². The summed E-state index contributed by atoms with van der Waals surface area (Å²) in [5, 5.41) is 4.46. The first kappa shape index (κ1) is 23.9. The fourth-order valence-corrected chi connectivity index (χ4v) is 4.76. The van der Waals surface area contributed by atoms with Crippen molar-refractivity contribution >= 4 is 40.2 Å². The van der Waals surface area contributed by atoms with Crippen LogP contribution in [-0.2, 0) is 5.75 Å². The summed E-state index contributed by atoms with van der Waals surface area (Å²) >= 11 is 7.75. The zero-order valence-electron chi connectivity index (χ0n) is 19.0. The van der Waals surface area contributed by atoms with Crippen LogP contribution in [0.5, 0.6) is 5.75 Å². The molecule has 8 heteroatoms. The number of aromatic nitrogens is 2. The molecule has 1 N–H and O–H groups in total. The van der Waals surface area contributed by atoms with Gasteiger partial charge < -0.3 is 10.1 Å². The van der Waals surface area contributed by atoms with E-state index in [-0.39, 0.29) is 17.5 Å². The Kier molecular flexibility index (Phi) is 7.24. The minimum absolute atomic E-state index is 0.000895. The molecule has 0 aliphatic carbocycles. The van der Waals surface area contributed by atoms with Crippen molar-refractivity contribution in [3.05, 3.63) is 93.2 Å². The maximum absolute atomic E-state index is 13.6. The minimum atomic E-state index is -0.215. The summed E-state index contributed by atoms with van der Waals surface area (Å²) in [4.78, 5) is 30.9. The first-order chi connectivity index (χ1) is 16.4. The molecule has 1 amide bonds. The number of amides is 1. The highest BCUT2D eigenvalue weighted by molar-refractivity contribution is 7.98. The molecule has 1 aromatic heterocycles. The number of rotatable bonds is 7. The highest BCUT2D eigenvalue weighted by Gasteiger charge is 2.16. The van der Waals surface area contributed by atoms with Gasteiger partial charge in [-0.05, 0) is 67.9 Å². The van der Waals surface area contributed by atoms with Crippen molar-refractivity contribution in [1.82, 2.24) is 14.9 Å². The van der Waals surface area contributed by atoms with Crippen LogP contribution < -0.4 is 15.6 Å². The first-order valence-electron chi connectivity index (χ1n) is 10.8. The highest BCUT2D eigenvalue weighted by atomic mass is 35.5. The smallest absolute Gasteiger partial charge is 0.266 e. The van der Waals surface area contributed by atoms with Gasteiger partial charge in [0, 0.05) is 22.4 Å². The van der Waals surface area contributed by atoms with E-state index in [1.54, 1.807) is 42.0 Å². The van der Waals surface area contributed by atoms with E-state index in [0.29, 0.717) is 43.8 Å². The van der Waals surface area contributed by atoms with Crippen molar-refractivity contribution in [2.75, 3.05) is 7.11 Å². The quantitative estimate of drug-likeness (QED) is 0.272. The number of thioether (sulfide) groups is 1. The number of carbonyl (C=O) groups excluding carboxylic acids is 1. The zero-order valence-corrected chi connectivity index (χ0v) is 20.6. The number of hydrogen-bond acceptors (Lipinski definition) is 5. The van der Waals surface area contributed by atoms with E-state index >= 15 is 0 Å². The topological polar surface area (TPSA) is 73.2 Å². The standard InChI is InChI=1S/C26H24ClN3O3S/c1-16(2)28-24(31)17-8-13-21-23(14-17)29-26(34-15-18-6-4-5-7-22(18)27)30(25(21)32)19-9-11-20(33-3)12-10-19/h4-14,16H,15H2,1-3H3,(H,28,31). The molecule has 6 nitrogen and oxygen atoms in total. The van der Waals surface area contributed by atoms with Crippen molar-refractivity contribution < 1.29 is 9.53 Å². The Balaban J connectivity index is 1.83. The second-order valence-corrected chi connectivity index (χ2v) is 9.32. The lowest BCUT2D eigenvalue weighted by molar-refractivity contribution is 0.0943. The molecule has 0 spiro atoms. The number of ether oxygens (including phenoxy) is 1. The van der Waals surface area contributed by atoms with Crippen LogP contribution in [0.4, 0.5) is 0 Å². The van der Waals surface area contributed by atoms with Gasteiger partial charge in [-0.3, -0.25) is 14.2 Å². The number of methoxy groups -OCH3 is 1. The third-order valence-corrected chi connectivity index (χ3v) is 6.52. The summed E-state index contributed by atoms with van der Waals surface area (Å²) in [7, 11) is 1.59. The van der Waals surface area contributed by atoms with Gasteiger partial charge in [0.1, 0.15) is 5.75 Å². The summed E-state index contributed by atoms with van der Waals surface area (Å²) < 4.78 is 6.84. The molecule has 4 aromatic rings. The lowest BCUT2D eigenvalue weighted by Crippen LogP contribution is -2.30. The Hall–Kier alpha value is -3.29. The SMILES string of the molecule is COc1ccc(-n2c(SCc3ccccc3Cl)nc3cc(C(=O)NC(C)C)ccc3c2=O)cc1. The lowest BCUT2D eigenvalue weighted by atomic mass is 10.1. The van der Waals surface area contributed by atoms with Gasteiger partial charge in [-0.25, -0.2) is 4.98 Å². The average Bonchev–Trinajstić information content (AvgIpc) is 2.83. The molecule has 34 heavy (non-hydrogen) atoms. The maximum atomic E-state index is 13.6. The highest BCUT2D eigenvalue weighted by Crippen LogP contribution is 2.28. The van der Waals surface area contributed by atoms with Crippen LogP contribution in [0.15, 0.2) is 76.7 Å². The van der Waals surface area contributed by atoms with Crippen LogP contribution in [-0.4, -0.2) is 28.6 Å². The normalized spacial score (nSPS) is 11.1. The summed E-state index contributed by atoms with van der Waals surface area (Å²) in [6.07, 6.45) is 0. The Morgan fingerprint density at radius 3 is 2.53 bits per heavy atom. The van der Waals surface area contributed by atoms with Gasteiger partial charge >= 0.3 is 0 Å². The Morgan fingerprint density at radius 1 is 1.12 bits per heavy atom. The predicted molar refractivity (Wildman–Crippen MR) is 138 cm³/mol. The molecule has 0 radical (unpaired) electrons. The molecule has 0 atom stereocenters. The molecule has 4 rings (SSSR count). The molecular weight excluding hydrogens is 470 g/mol. The molecular formula is C26H24ClN3O3S. The van der Waals surface area contributed by atoms with Crippen molar-refractivity contribution in [1.29, 1.82) is 0 Å². The van der Waals surface area contributed by atoms with Gasteiger partial charge in [0.25, 0.3) is 11.5 Å². The predicted octanol–water partition coefficient (Wildman–Crippen LogP) is 5.48. The summed E-state index contributed by atoms with van der Waals surface area (Å²) in [6, 6.07) is 19.8. The fraction of sp³-hybridized carbons (Fsp3) is 0.192. The van der Waals surface area contributed by atoms with Crippen molar-refractivity contribution in [2.45, 2.75) is 30.8 Å². The fourth-order valence-electron chi connectivity index (χ4n) is 3.47.